The number of carbonyl (C=O) groups excluding carboxylic acids is 3. The number of thioether (sulfide) groups is 1. The fraction of sp³-hybridized carbons (Fsp3) is 0.227. The number of anilines is 1. The molecule has 12 nitrogen and oxygen atoms in total. The zero-order chi connectivity index (χ0) is 24.9. The molecule has 0 bridgehead atoms. The summed E-state index contributed by atoms with van der Waals surface area (Å²) >= 11 is 1.15. The normalized spacial score (nSPS) is 12.6. The van der Waals surface area contributed by atoms with Crippen LogP contribution in [0.2, 0.25) is 0 Å². The van der Waals surface area contributed by atoms with E-state index in [1.54, 1.807) is 6.07 Å². The Kier molecular flexibility index (Phi) is 7.06. The third-order valence-electron chi connectivity index (χ3n) is 5.01. The van der Waals surface area contributed by atoms with Crippen molar-refractivity contribution in [3.63, 3.8) is 0 Å². The van der Waals surface area contributed by atoms with Crippen molar-refractivity contribution in [3.8, 4) is 5.69 Å². The second-order valence-electron chi connectivity index (χ2n) is 7.78. The molecule has 1 aromatic heterocycles. The van der Waals surface area contributed by atoms with Gasteiger partial charge in [0.05, 0.1) is 16.4 Å². The number of amides is 3. The molecule has 0 aliphatic heterocycles. The summed E-state index contributed by atoms with van der Waals surface area (Å²) in [6.45, 7) is 1.43. The van der Waals surface area contributed by atoms with Crippen LogP contribution < -0.4 is 16.2 Å². The van der Waals surface area contributed by atoms with Crippen LogP contribution in [0.3, 0.4) is 0 Å². The molecule has 1 aliphatic carbocycles. The molecular formula is C22H21N7O5S. The highest BCUT2D eigenvalue weighted by molar-refractivity contribution is 7.99. The van der Waals surface area contributed by atoms with Crippen molar-refractivity contribution in [2.45, 2.75) is 30.8 Å². The Morgan fingerprint density at radius 2 is 1.86 bits per heavy atom. The van der Waals surface area contributed by atoms with Gasteiger partial charge in [-0.25, -0.2) is 0 Å². The molecular weight excluding hydrogens is 474 g/mol. The second-order valence-corrected chi connectivity index (χ2v) is 8.72. The molecule has 13 heteroatoms. The number of carbonyl (C=O) groups is 3. The van der Waals surface area contributed by atoms with Crippen molar-refractivity contribution in [1.29, 1.82) is 0 Å². The third kappa shape index (κ3) is 6.00. The number of rotatable bonds is 8. The summed E-state index contributed by atoms with van der Waals surface area (Å²) in [6, 6.07) is 12.3. The number of nitro benzene ring substituents is 1. The minimum atomic E-state index is -0.604. The summed E-state index contributed by atoms with van der Waals surface area (Å²) in [4.78, 5) is 46.1. The van der Waals surface area contributed by atoms with Crippen LogP contribution in [-0.2, 0) is 9.59 Å². The molecule has 0 saturated heterocycles. The van der Waals surface area contributed by atoms with Crippen LogP contribution in [0.25, 0.3) is 5.69 Å². The monoisotopic (exact) mass is 495 g/mol. The first kappa shape index (κ1) is 23.9. The molecule has 3 amide bonds. The zero-order valence-corrected chi connectivity index (χ0v) is 19.4. The fourth-order valence-corrected chi connectivity index (χ4v) is 4.01. The summed E-state index contributed by atoms with van der Waals surface area (Å²) in [7, 11) is 0. The molecule has 3 N–H and O–H groups in total. The maximum Gasteiger partial charge on any atom is 0.269 e. The molecule has 0 spiro atoms. The third-order valence-corrected chi connectivity index (χ3v) is 5.94. The second kappa shape index (κ2) is 10.3. The van der Waals surface area contributed by atoms with Gasteiger partial charge in [-0.3, -0.25) is 39.9 Å². The Labute approximate surface area is 203 Å². The highest BCUT2D eigenvalue weighted by Crippen LogP contribution is 2.41. The van der Waals surface area contributed by atoms with Crippen LogP contribution in [-0.4, -0.2) is 43.2 Å². The Bertz CT molecular complexity index is 1290. The van der Waals surface area contributed by atoms with E-state index in [4.69, 9.17) is 0 Å². The molecule has 0 radical (unpaired) electrons. The lowest BCUT2D eigenvalue weighted by Gasteiger charge is -2.12. The van der Waals surface area contributed by atoms with Crippen molar-refractivity contribution < 1.29 is 19.3 Å². The highest BCUT2D eigenvalue weighted by atomic mass is 32.2. The lowest BCUT2D eigenvalue weighted by Crippen LogP contribution is -2.42. The minimum absolute atomic E-state index is 0.0469. The number of nitrogens with zero attached hydrogens (tertiary/aromatic N) is 4. The number of nitro groups is 1. The molecule has 180 valence electrons. The number of aromatic nitrogens is 3. The van der Waals surface area contributed by atoms with Gasteiger partial charge in [0.15, 0.2) is 5.16 Å². The van der Waals surface area contributed by atoms with Crippen molar-refractivity contribution in [1.82, 2.24) is 25.6 Å². The van der Waals surface area contributed by atoms with Crippen LogP contribution in [0.1, 0.15) is 41.9 Å². The van der Waals surface area contributed by atoms with Crippen LogP contribution in [0, 0.1) is 10.1 Å². The van der Waals surface area contributed by atoms with Crippen LogP contribution in [0.15, 0.2) is 53.7 Å². The maximum absolute atomic E-state index is 12.3. The Hall–Kier alpha value is -4.26. The summed E-state index contributed by atoms with van der Waals surface area (Å²) < 4.78 is 1.87. The minimum Gasteiger partial charge on any atom is -0.326 e. The summed E-state index contributed by atoms with van der Waals surface area (Å²) in [5.74, 6) is -0.229. The smallest absolute Gasteiger partial charge is 0.269 e. The predicted octanol–water partition coefficient (Wildman–Crippen LogP) is 2.56. The molecule has 1 saturated carbocycles. The molecule has 1 aliphatic rings. The number of benzene rings is 2. The molecule has 4 rings (SSSR count). The first-order valence-electron chi connectivity index (χ1n) is 10.6. The Balaban J connectivity index is 1.40. The van der Waals surface area contributed by atoms with Gasteiger partial charge in [0.25, 0.3) is 11.6 Å². The standard InChI is InChI=1S/C22H21N7O5S/c1-13(30)23-16-3-2-4-18(11-16)28-20(14-5-6-14)25-27-22(28)35-12-19(31)24-26-21(32)15-7-9-17(10-8-15)29(33)34/h2-4,7-11,14H,5-6,12H2,1H3,(H,23,30)(H,24,31)(H,26,32). The van der Waals surface area contributed by atoms with E-state index in [1.165, 1.54) is 31.2 Å². The van der Waals surface area contributed by atoms with Crippen molar-refractivity contribution in [3.05, 3.63) is 70.0 Å². The van der Waals surface area contributed by atoms with Crippen molar-refractivity contribution in [2.75, 3.05) is 11.1 Å². The van der Waals surface area contributed by atoms with Gasteiger partial charge in [-0.2, -0.15) is 0 Å². The number of hydrazine groups is 1. The lowest BCUT2D eigenvalue weighted by atomic mass is 10.2. The van der Waals surface area contributed by atoms with Gasteiger partial charge in [0.1, 0.15) is 5.82 Å². The van der Waals surface area contributed by atoms with E-state index >= 15 is 0 Å². The SMILES string of the molecule is CC(=O)Nc1cccc(-n2c(SCC(=O)NNC(=O)c3ccc([N+](=O)[O-])cc3)nnc2C2CC2)c1. The van der Waals surface area contributed by atoms with E-state index in [1.807, 2.05) is 22.8 Å². The topological polar surface area (TPSA) is 161 Å². The average molecular weight is 496 g/mol. The first-order chi connectivity index (χ1) is 16.8. The quantitative estimate of drug-likeness (QED) is 0.244. The van der Waals surface area contributed by atoms with E-state index in [0.29, 0.717) is 10.8 Å². The summed E-state index contributed by atoms with van der Waals surface area (Å²) in [5, 5.41) is 22.5. The van der Waals surface area contributed by atoms with Crippen LogP contribution >= 0.6 is 11.8 Å². The predicted molar refractivity (Wildman–Crippen MR) is 127 cm³/mol. The van der Waals surface area contributed by atoms with Crippen molar-refractivity contribution >= 4 is 40.9 Å². The van der Waals surface area contributed by atoms with Gasteiger partial charge in [-0.15, -0.1) is 10.2 Å². The van der Waals surface area contributed by atoms with Gasteiger partial charge < -0.3 is 5.32 Å². The van der Waals surface area contributed by atoms with E-state index in [2.05, 4.69) is 26.4 Å². The van der Waals surface area contributed by atoms with E-state index in [-0.39, 0.29) is 28.8 Å². The zero-order valence-electron chi connectivity index (χ0n) is 18.6. The number of non-ortho nitro benzene ring substituents is 1. The Morgan fingerprint density at radius 1 is 1.11 bits per heavy atom. The molecule has 2 aromatic carbocycles. The van der Waals surface area contributed by atoms with Gasteiger partial charge in [-0.1, -0.05) is 17.8 Å². The average Bonchev–Trinajstić information content (AvgIpc) is 3.60. The molecule has 0 atom stereocenters. The molecule has 35 heavy (non-hydrogen) atoms. The van der Waals surface area contributed by atoms with Gasteiger partial charge in [0, 0.05) is 36.2 Å². The lowest BCUT2D eigenvalue weighted by molar-refractivity contribution is -0.384. The molecule has 1 fully saturated rings. The van der Waals surface area contributed by atoms with E-state index < -0.39 is 16.7 Å². The van der Waals surface area contributed by atoms with E-state index in [9.17, 15) is 24.5 Å². The van der Waals surface area contributed by atoms with Gasteiger partial charge in [0.2, 0.25) is 11.8 Å². The molecule has 1 heterocycles. The van der Waals surface area contributed by atoms with Crippen LogP contribution in [0.4, 0.5) is 11.4 Å². The molecule has 0 unspecified atom stereocenters. The van der Waals surface area contributed by atoms with E-state index in [0.717, 1.165) is 36.1 Å². The fourth-order valence-electron chi connectivity index (χ4n) is 3.25. The van der Waals surface area contributed by atoms with Gasteiger partial charge in [-0.05, 0) is 43.2 Å². The largest absolute Gasteiger partial charge is 0.326 e. The Morgan fingerprint density at radius 3 is 2.51 bits per heavy atom. The highest BCUT2D eigenvalue weighted by Gasteiger charge is 2.31. The summed E-state index contributed by atoms with van der Waals surface area (Å²) in [5.41, 5.74) is 6.02. The van der Waals surface area contributed by atoms with Crippen molar-refractivity contribution in [2.24, 2.45) is 0 Å². The van der Waals surface area contributed by atoms with Crippen LogP contribution in [0.5, 0.6) is 0 Å². The summed E-state index contributed by atoms with van der Waals surface area (Å²) in [6.07, 6.45) is 2.01. The number of nitrogens with one attached hydrogen (secondary N) is 3. The maximum atomic E-state index is 12.3. The van der Waals surface area contributed by atoms with Gasteiger partial charge >= 0.3 is 0 Å². The number of hydrogen-bond acceptors (Lipinski definition) is 8. The first-order valence-corrected chi connectivity index (χ1v) is 11.6. The number of hydrogen-bond donors (Lipinski definition) is 3. The molecule has 3 aromatic rings.